The van der Waals surface area contributed by atoms with Gasteiger partial charge in [-0.05, 0) is 31.7 Å². The van der Waals surface area contributed by atoms with Crippen LogP contribution in [0.5, 0.6) is 5.88 Å². The molecule has 2 aliphatic heterocycles. The van der Waals surface area contributed by atoms with E-state index in [0.29, 0.717) is 30.9 Å². The second kappa shape index (κ2) is 9.96. The Labute approximate surface area is 176 Å². The van der Waals surface area contributed by atoms with Gasteiger partial charge in [-0.2, -0.15) is 0 Å². The number of rotatable bonds is 10. The van der Waals surface area contributed by atoms with Crippen molar-refractivity contribution in [2.45, 2.75) is 64.1 Å². The van der Waals surface area contributed by atoms with Gasteiger partial charge in [0.1, 0.15) is 5.78 Å². The van der Waals surface area contributed by atoms with Crippen LogP contribution in [0.3, 0.4) is 0 Å². The summed E-state index contributed by atoms with van der Waals surface area (Å²) in [5, 5.41) is 20.1. The molecule has 3 rings (SSSR count). The minimum absolute atomic E-state index is 0.00691. The molecule has 3 heterocycles. The summed E-state index contributed by atoms with van der Waals surface area (Å²) in [7, 11) is 1.49. The van der Waals surface area contributed by atoms with Crippen molar-refractivity contribution in [2.24, 2.45) is 17.8 Å². The summed E-state index contributed by atoms with van der Waals surface area (Å²) in [4.78, 5) is 29.0. The van der Waals surface area contributed by atoms with Crippen LogP contribution in [0.25, 0.3) is 0 Å². The Morgan fingerprint density at radius 1 is 1.33 bits per heavy atom. The monoisotopic (exact) mass is 421 g/mol. The number of pyridine rings is 1. The fraction of sp³-hybridized carbons (Fsp3) is 0.682. The molecule has 1 aromatic heterocycles. The van der Waals surface area contributed by atoms with E-state index in [4.69, 9.17) is 14.2 Å². The summed E-state index contributed by atoms with van der Waals surface area (Å²) in [6.45, 7) is 4.05. The Morgan fingerprint density at radius 3 is 2.73 bits per heavy atom. The van der Waals surface area contributed by atoms with Crippen molar-refractivity contribution in [2.75, 3.05) is 13.7 Å². The Kier molecular flexibility index (Phi) is 7.57. The Balaban J connectivity index is 1.55. The highest BCUT2D eigenvalue weighted by Gasteiger charge is 2.48. The van der Waals surface area contributed by atoms with Crippen LogP contribution < -0.4 is 4.74 Å². The van der Waals surface area contributed by atoms with Crippen LogP contribution in [-0.4, -0.2) is 65.1 Å². The second-order valence-electron chi connectivity index (χ2n) is 8.38. The van der Waals surface area contributed by atoms with E-state index >= 15 is 0 Å². The molecule has 8 heteroatoms. The van der Waals surface area contributed by atoms with E-state index in [2.05, 4.69) is 4.98 Å². The zero-order valence-electron chi connectivity index (χ0n) is 17.7. The zero-order chi connectivity index (χ0) is 21.8. The van der Waals surface area contributed by atoms with Crippen LogP contribution in [0.1, 0.15) is 49.9 Å². The summed E-state index contributed by atoms with van der Waals surface area (Å²) in [5.74, 6) is -0.345. The molecule has 0 radical (unpaired) electrons. The lowest BCUT2D eigenvalue weighted by Gasteiger charge is -2.35. The normalized spacial score (nSPS) is 30.4. The maximum atomic E-state index is 12.6. The summed E-state index contributed by atoms with van der Waals surface area (Å²) in [5.41, 5.74) is 0.369. The topological polar surface area (TPSA) is 118 Å². The van der Waals surface area contributed by atoms with Crippen LogP contribution in [0.15, 0.2) is 18.3 Å². The predicted octanol–water partition coefficient (Wildman–Crippen LogP) is 1.77. The molecule has 0 saturated carbocycles. The quantitative estimate of drug-likeness (QED) is 0.333. The lowest BCUT2D eigenvalue weighted by molar-refractivity contribution is -0.181. The molecule has 1 aromatic rings. The van der Waals surface area contributed by atoms with Gasteiger partial charge < -0.3 is 24.4 Å². The van der Waals surface area contributed by atoms with Gasteiger partial charge in [0.05, 0.1) is 38.4 Å². The SMILES string of the molecule is COc1ccc(C(=O)CC(=O)C[C@H]2CCO[C@H](O)[C@@H]2C[C@@H]2O[C@H]2[C@@H](C)[C@H](C)O)cn1. The standard InChI is InChI=1S/C22H31NO7/c1-12(13(2)24)21-19(30-21)10-17-14(6-7-29-22(17)27)8-16(25)9-18(26)15-4-5-20(28-3)23-11-15/h4-5,11-14,17,19,21-22,24,27H,6-10H2,1-3H3/t12-,13-,14+,17+,19-,21-,22-/m0/s1. The first-order chi connectivity index (χ1) is 14.3. The van der Waals surface area contributed by atoms with E-state index in [1.807, 2.05) is 6.92 Å². The average molecular weight is 421 g/mol. The third-order valence-corrected chi connectivity index (χ3v) is 6.27. The zero-order valence-corrected chi connectivity index (χ0v) is 17.7. The molecule has 0 aliphatic carbocycles. The number of aromatic nitrogens is 1. The molecular weight excluding hydrogens is 390 g/mol. The molecule has 2 N–H and O–H groups in total. The van der Waals surface area contributed by atoms with Crippen LogP contribution in [0.4, 0.5) is 0 Å². The largest absolute Gasteiger partial charge is 0.481 e. The third-order valence-electron chi connectivity index (χ3n) is 6.27. The van der Waals surface area contributed by atoms with Crippen molar-refractivity contribution in [1.29, 1.82) is 0 Å². The van der Waals surface area contributed by atoms with Crippen LogP contribution in [-0.2, 0) is 14.3 Å². The molecule has 7 atom stereocenters. The van der Waals surface area contributed by atoms with Gasteiger partial charge in [0, 0.05) is 36.1 Å². The molecule has 2 aliphatic rings. The fourth-order valence-electron chi connectivity index (χ4n) is 4.14. The Bertz CT molecular complexity index is 736. The first kappa shape index (κ1) is 22.8. The number of carbonyl (C=O) groups excluding carboxylic acids is 2. The minimum atomic E-state index is -0.954. The predicted molar refractivity (Wildman–Crippen MR) is 107 cm³/mol. The van der Waals surface area contributed by atoms with Gasteiger partial charge in [0.2, 0.25) is 5.88 Å². The molecule has 2 fully saturated rings. The molecule has 8 nitrogen and oxygen atoms in total. The van der Waals surface area contributed by atoms with Gasteiger partial charge in [-0.1, -0.05) is 6.92 Å². The number of hydrogen-bond acceptors (Lipinski definition) is 8. The van der Waals surface area contributed by atoms with Crippen molar-refractivity contribution >= 4 is 11.6 Å². The van der Waals surface area contributed by atoms with E-state index < -0.39 is 12.4 Å². The number of ketones is 2. The highest BCUT2D eigenvalue weighted by atomic mass is 16.6. The van der Waals surface area contributed by atoms with Gasteiger partial charge in [-0.25, -0.2) is 4.98 Å². The van der Waals surface area contributed by atoms with E-state index in [1.54, 1.807) is 19.1 Å². The molecule has 0 aromatic carbocycles. The number of nitrogens with zero attached hydrogens (tertiary/aromatic N) is 1. The molecule has 2 saturated heterocycles. The Morgan fingerprint density at radius 2 is 2.10 bits per heavy atom. The number of Topliss-reactive ketones (excluding diaryl/α,β-unsaturated/α-hetero) is 2. The van der Waals surface area contributed by atoms with Gasteiger partial charge in [0.25, 0.3) is 0 Å². The lowest BCUT2D eigenvalue weighted by Crippen LogP contribution is -2.38. The van der Waals surface area contributed by atoms with Crippen molar-refractivity contribution < 1.29 is 34.0 Å². The average Bonchev–Trinajstić information content (AvgIpc) is 3.49. The van der Waals surface area contributed by atoms with Gasteiger partial charge in [-0.15, -0.1) is 0 Å². The van der Waals surface area contributed by atoms with E-state index in [0.717, 1.165) is 0 Å². The molecule has 166 valence electrons. The first-order valence-corrected chi connectivity index (χ1v) is 10.5. The number of methoxy groups -OCH3 is 1. The molecule has 0 bridgehead atoms. The highest BCUT2D eigenvalue weighted by Crippen LogP contribution is 2.41. The summed E-state index contributed by atoms with van der Waals surface area (Å²) in [6, 6.07) is 3.18. The van der Waals surface area contributed by atoms with Gasteiger partial charge in [0.15, 0.2) is 12.1 Å². The minimum Gasteiger partial charge on any atom is -0.481 e. The maximum Gasteiger partial charge on any atom is 0.212 e. The number of carbonyl (C=O) groups is 2. The molecular formula is C22H31NO7. The number of aliphatic hydroxyl groups excluding tert-OH is 2. The lowest BCUT2D eigenvalue weighted by atomic mass is 9.79. The van der Waals surface area contributed by atoms with Crippen molar-refractivity contribution in [3.8, 4) is 5.88 Å². The van der Waals surface area contributed by atoms with Crippen LogP contribution in [0.2, 0.25) is 0 Å². The van der Waals surface area contributed by atoms with Crippen molar-refractivity contribution in [3.63, 3.8) is 0 Å². The van der Waals surface area contributed by atoms with Gasteiger partial charge >= 0.3 is 0 Å². The number of epoxide rings is 1. The highest BCUT2D eigenvalue weighted by molar-refractivity contribution is 6.07. The summed E-state index contributed by atoms with van der Waals surface area (Å²) < 4.78 is 16.1. The van der Waals surface area contributed by atoms with E-state index in [9.17, 15) is 19.8 Å². The second-order valence-corrected chi connectivity index (χ2v) is 8.38. The molecule has 0 spiro atoms. The molecule has 0 amide bonds. The first-order valence-electron chi connectivity index (χ1n) is 10.5. The van der Waals surface area contributed by atoms with Crippen molar-refractivity contribution in [1.82, 2.24) is 4.98 Å². The smallest absolute Gasteiger partial charge is 0.212 e. The summed E-state index contributed by atoms with van der Waals surface area (Å²) in [6.07, 6.45) is 1.11. The summed E-state index contributed by atoms with van der Waals surface area (Å²) >= 11 is 0. The maximum absolute atomic E-state index is 12.6. The Hall–Kier alpha value is -1.87. The molecule has 0 unspecified atom stereocenters. The van der Waals surface area contributed by atoms with E-state index in [1.165, 1.54) is 13.3 Å². The van der Waals surface area contributed by atoms with Crippen LogP contribution >= 0.6 is 0 Å². The van der Waals surface area contributed by atoms with Crippen molar-refractivity contribution in [3.05, 3.63) is 23.9 Å². The van der Waals surface area contributed by atoms with Crippen LogP contribution in [0, 0.1) is 17.8 Å². The molecule has 30 heavy (non-hydrogen) atoms. The van der Waals surface area contributed by atoms with E-state index in [-0.39, 0.29) is 54.4 Å². The fourth-order valence-corrected chi connectivity index (χ4v) is 4.14. The van der Waals surface area contributed by atoms with Gasteiger partial charge in [-0.3, -0.25) is 9.59 Å². The number of hydrogen-bond donors (Lipinski definition) is 2. The third kappa shape index (κ3) is 5.63. The number of ether oxygens (including phenoxy) is 3. The number of aliphatic hydroxyl groups is 2.